The van der Waals surface area contributed by atoms with Gasteiger partial charge in [-0.3, -0.25) is 0 Å². The van der Waals surface area contributed by atoms with E-state index in [2.05, 4.69) is 27.7 Å². The highest BCUT2D eigenvalue weighted by atomic mass is 31.1. The molecule has 35 heavy (non-hydrogen) atoms. The van der Waals surface area contributed by atoms with Crippen LogP contribution >= 0.6 is 17.2 Å². The van der Waals surface area contributed by atoms with Crippen molar-refractivity contribution in [2.24, 2.45) is 5.73 Å². The van der Waals surface area contributed by atoms with Gasteiger partial charge in [-0.15, -0.1) is 17.2 Å². The minimum absolute atomic E-state index is 0.0102. The van der Waals surface area contributed by atoms with Crippen LogP contribution in [0.1, 0.15) is 91.9 Å². The zero-order chi connectivity index (χ0) is 25.8. The summed E-state index contributed by atoms with van der Waals surface area (Å²) in [5.74, 6) is 0. The number of rotatable bonds is 29. The van der Waals surface area contributed by atoms with Crippen LogP contribution in [0.15, 0.2) is 0 Å². The largest absolute Gasteiger partial charge is 0.377 e. The SMILES string of the molecule is CCCOC(CCPCCCCC(CCPCCC(OCCC)OCCC)OCCN)OCCC. The minimum Gasteiger partial charge on any atom is -0.377 e. The van der Waals surface area contributed by atoms with Crippen molar-refractivity contribution >= 4 is 17.2 Å². The fourth-order valence-electron chi connectivity index (χ4n) is 3.55. The molecule has 0 rings (SSSR count). The Morgan fingerprint density at radius 2 is 0.971 bits per heavy atom. The zero-order valence-corrected chi connectivity index (χ0v) is 25.5. The first-order valence-corrected chi connectivity index (χ1v) is 17.2. The van der Waals surface area contributed by atoms with Gasteiger partial charge < -0.3 is 29.4 Å². The van der Waals surface area contributed by atoms with E-state index in [-0.39, 0.29) is 12.6 Å². The number of unbranched alkanes of at least 4 members (excludes halogenated alkanes) is 1. The summed E-state index contributed by atoms with van der Waals surface area (Å²) >= 11 is 0. The Kier molecular flexibility index (Phi) is 29.7. The van der Waals surface area contributed by atoms with Crippen LogP contribution in [0.4, 0.5) is 0 Å². The molecular formula is C27H59NO5P2. The summed E-state index contributed by atoms with van der Waals surface area (Å²) in [7, 11) is 1.93. The molecule has 0 saturated heterocycles. The lowest BCUT2D eigenvalue weighted by Gasteiger charge is -2.19. The van der Waals surface area contributed by atoms with E-state index in [4.69, 9.17) is 29.4 Å². The van der Waals surface area contributed by atoms with Crippen LogP contribution in [0.25, 0.3) is 0 Å². The molecular weight excluding hydrogens is 480 g/mol. The quantitative estimate of drug-likeness (QED) is 0.0675. The van der Waals surface area contributed by atoms with E-state index in [9.17, 15) is 0 Å². The molecule has 0 aromatic rings. The lowest BCUT2D eigenvalue weighted by molar-refractivity contribution is -0.142. The molecule has 0 fully saturated rings. The molecule has 0 aromatic carbocycles. The molecule has 0 saturated carbocycles. The van der Waals surface area contributed by atoms with Gasteiger partial charge in [0.25, 0.3) is 0 Å². The minimum atomic E-state index is -0.0285. The van der Waals surface area contributed by atoms with Crippen molar-refractivity contribution in [1.82, 2.24) is 0 Å². The molecule has 0 amide bonds. The summed E-state index contributed by atoms with van der Waals surface area (Å²) in [6.07, 6.45) is 16.2. The standard InChI is InChI=1S/C27H59NO5P2/c1-5-16-30-26(31-17-6-2)13-23-34-21-10-9-11-25(29-20-15-28)12-22-35-24-14-27(32-18-7-3)33-19-8-4/h25-27,34-35H,5-24,28H2,1-4H3. The number of hydrogen-bond acceptors (Lipinski definition) is 6. The first kappa shape index (κ1) is 35.6. The lowest BCUT2D eigenvalue weighted by Crippen LogP contribution is -2.20. The third-order valence-corrected chi connectivity index (χ3v) is 8.02. The number of ether oxygens (including phenoxy) is 5. The van der Waals surface area contributed by atoms with E-state index in [1.54, 1.807) is 0 Å². The molecule has 3 atom stereocenters. The van der Waals surface area contributed by atoms with Crippen LogP contribution in [-0.2, 0) is 23.7 Å². The third-order valence-electron chi connectivity index (χ3n) is 5.39. The Morgan fingerprint density at radius 3 is 1.43 bits per heavy atom. The fourth-order valence-corrected chi connectivity index (χ4v) is 5.95. The van der Waals surface area contributed by atoms with Gasteiger partial charge in [-0.25, -0.2) is 0 Å². The second-order valence-corrected chi connectivity index (χ2v) is 12.0. The van der Waals surface area contributed by atoms with E-state index in [0.29, 0.717) is 19.3 Å². The molecule has 3 unspecified atom stereocenters. The van der Waals surface area contributed by atoms with Gasteiger partial charge in [0.1, 0.15) is 0 Å². The predicted molar refractivity (Wildman–Crippen MR) is 155 cm³/mol. The average Bonchev–Trinajstić information content (AvgIpc) is 2.87. The second kappa shape index (κ2) is 29.2. The van der Waals surface area contributed by atoms with Crippen LogP contribution in [0.3, 0.4) is 0 Å². The van der Waals surface area contributed by atoms with Crippen molar-refractivity contribution in [2.75, 3.05) is 64.2 Å². The number of nitrogens with two attached hydrogens (primary N) is 1. The molecule has 0 aliphatic rings. The van der Waals surface area contributed by atoms with E-state index in [1.807, 2.05) is 0 Å². The predicted octanol–water partition coefficient (Wildman–Crippen LogP) is 6.39. The van der Waals surface area contributed by atoms with Crippen LogP contribution in [-0.4, -0.2) is 82.9 Å². The van der Waals surface area contributed by atoms with Gasteiger partial charge in [0.05, 0.1) is 12.7 Å². The van der Waals surface area contributed by atoms with Crippen molar-refractivity contribution in [3.8, 4) is 0 Å². The van der Waals surface area contributed by atoms with Gasteiger partial charge in [-0.2, -0.15) is 0 Å². The van der Waals surface area contributed by atoms with E-state index in [0.717, 1.165) is 95.0 Å². The maximum atomic E-state index is 6.06. The summed E-state index contributed by atoms with van der Waals surface area (Å²) in [4.78, 5) is 0. The summed E-state index contributed by atoms with van der Waals surface area (Å²) in [5, 5.41) is 0. The highest BCUT2D eigenvalue weighted by molar-refractivity contribution is 7.38. The van der Waals surface area contributed by atoms with Crippen molar-refractivity contribution in [2.45, 2.75) is 111 Å². The van der Waals surface area contributed by atoms with Crippen molar-refractivity contribution < 1.29 is 23.7 Å². The molecule has 0 bridgehead atoms. The Morgan fingerprint density at radius 1 is 0.514 bits per heavy atom. The van der Waals surface area contributed by atoms with Crippen molar-refractivity contribution in [1.29, 1.82) is 0 Å². The smallest absolute Gasteiger partial charge is 0.157 e. The third kappa shape index (κ3) is 24.7. The lowest BCUT2D eigenvalue weighted by atomic mass is 10.1. The zero-order valence-electron chi connectivity index (χ0n) is 23.5. The molecule has 0 aliphatic heterocycles. The Bertz CT molecular complexity index is 394. The van der Waals surface area contributed by atoms with Gasteiger partial charge in [0.15, 0.2) is 12.6 Å². The molecule has 6 nitrogen and oxygen atoms in total. The Labute approximate surface area is 221 Å². The molecule has 0 radical (unpaired) electrons. The van der Waals surface area contributed by atoms with Crippen molar-refractivity contribution in [3.63, 3.8) is 0 Å². The topological polar surface area (TPSA) is 72.2 Å². The monoisotopic (exact) mass is 539 g/mol. The summed E-state index contributed by atoms with van der Waals surface area (Å²) in [6.45, 7) is 13.0. The molecule has 0 spiro atoms. The van der Waals surface area contributed by atoms with Crippen LogP contribution in [0, 0.1) is 0 Å². The summed E-state index contributed by atoms with van der Waals surface area (Å²) < 4.78 is 29.4. The van der Waals surface area contributed by atoms with Gasteiger partial charge in [0.2, 0.25) is 0 Å². The van der Waals surface area contributed by atoms with Gasteiger partial charge in [-0.1, -0.05) is 34.1 Å². The average molecular weight is 540 g/mol. The molecule has 0 aromatic heterocycles. The molecule has 2 N–H and O–H groups in total. The Hall–Kier alpha value is 0.620. The van der Waals surface area contributed by atoms with E-state index in [1.165, 1.54) is 37.5 Å². The maximum Gasteiger partial charge on any atom is 0.157 e. The van der Waals surface area contributed by atoms with E-state index < -0.39 is 0 Å². The molecule has 0 heterocycles. The van der Waals surface area contributed by atoms with Crippen molar-refractivity contribution in [3.05, 3.63) is 0 Å². The van der Waals surface area contributed by atoms with Gasteiger partial charge >= 0.3 is 0 Å². The molecule has 0 aliphatic carbocycles. The second-order valence-electron chi connectivity index (χ2n) is 8.99. The normalized spacial score (nSPS) is 13.5. The maximum absolute atomic E-state index is 6.06. The Balaban J connectivity index is 3.99. The summed E-state index contributed by atoms with van der Waals surface area (Å²) in [6, 6.07) is 0. The molecule has 212 valence electrons. The van der Waals surface area contributed by atoms with Crippen LogP contribution < -0.4 is 5.73 Å². The first-order chi connectivity index (χ1) is 17.2. The van der Waals surface area contributed by atoms with Crippen LogP contribution in [0.2, 0.25) is 0 Å². The summed E-state index contributed by atoms with van der Waals surface area (Å²) in [5.41, 5.74) is 5.69. The highest BCUT2D eigenvalue weighted by Crippen LogP contribution is 2.22. The fraction of sp³-hybridized carbons (Fsp3) is 1.00. The van der Waals surface area contributed by atoms with Gasteiger partial charge in [0, 0.05) is 45.8 Å². The molecule has 8 heteroatoms. The first-order valence-electron chi connectivity index (χ1n) is 14.4. The van der Waals surface area contributed by atoms with E-state index >= 15 is 0 Å². The highest BCUT2D eigenvalue weighted by Gasteiger charge is 2.12. The van der Waals surface area contributed by atoms with Gasteiger partial charge in [-0.05, 0) is 69.6 Å². The number of hydrogen-bond donors (Lipinski definition) is 1. The van der Waals surface area contributed by atoms with Crippen LogP contribution in [0.5, 0.6) is 0 Å².